The summed E-state index contributed by atoms with van der Waals surface area (Å²) in [5.41, 5.74) is 0.620. The molecule has 0 saturated heterocycles. The van der Waals surface area contributed by atoms with Crippen LogP contribution in [0.2, 0.25) is 10.0 Å². The normalized spacial score (nSPS) is 11.1. The van der Waals surface area contributed by atoms with E-state index in [1.807, 2.05) is 13.8 Å². The van der Waals surface area contributed by atoms with Gasteiger partial charge in [0.05, 0.1) is 15.5 Å². The van der Waals surface area contributed by atoms with Crippen molar-refractivity contribution in [1.82, 2.24) is 4.90 Å². The summed E-state index contributed by atoms with van der Waals surface area (Å²) < 4.78 is 24.6. The Morgan fingerprint density at radius 2 is 1.61 bits per heavy atom. The Labute approximate surface area is 174 Å². The number of nitrogens with one attached hydrogen (secondary N) is 1. The lowest BCUT2D eigenvalue weighted by Gasteiger charge is -2.19. The fraction of sp³-hybridized carbons (Fsp3) is 0.263. The first-order valence-corrected chi connectivity index (χ1v) is 11.0. The number of rotatable bonds is 7. The molecule has 150 valence electrons. The molecule has 6 nitrogen and oxygen atoms in total. The van der Waals surface area contributed by atoms with E-state index in [4.69, 9.17) is 23.2 Å². The first-order valence-electron chi connectivity index (χ1n) is 8.55. The number of hydrogen-bond donors (Lipinski definition) is 1. The Balaban J connectivity index is 2.11. The number of hydrogen-bond acceptors (Lipinski definition) is 4. The van der Waals surface area contributed by atoms with Crippen LogP contribution < -0.4 is 5.32 Å². The molecular weight excluding hydrogens is 423 g/mol. The van der Waals surface area contributed by atoms with Gasteiger partial charge in [-0.1, -0.05) is 23.2 Å². The summed E-state index contributed by atoms with van der Waals surface area (Å²) in [6.45, 7) is 4.83. The number of anilines is 1. The molecule has 2 amide bonds. The fourth-order valence-electron chi connectivity index (χ4n) is 2.54. The highest BCUT2D eigenvalue weighted by Crippen LogP contribution is 2.23. The minimum absolute atomic E-state index is 0.00486. The maximum atomic E-state index is 12.4. The zero-order valence-corrected chi connectivity index (χ0v) is 17.7. The Kier molecular flexibility index (Phi) is 7.46. The number of carbonyl (C=O) groups excluding carboxylic acids is 2. The standard InChI is InChI=1S/C19H20Cl2N2O4S/c1-3-23(4-2)19(25)16-10-7-14(11-17(16)21)22-18(24)12-28(26,27)15-8-5-13(20)6-9-15/h5-11H,3-4,12H2,1-2H3,(H,22,24). The molecule has 0 aliphatic heterocycles. The van der Waals surface area contributed by atoms with E-state index in [2.05, 4.69) is 5.32 Å². The molecule has 0 aromatic heterocycles. The summed E-state index contributed by atoms with van der Waals surface area (Å²) in [5, 5.41) is 3.07. The summed E-state index contributed by atoms with van der Waals surface area (Å²) in [6, 6.07) is 10.0. The van der Waals surface area contributed by atoms with Crippen LogP contribution >= 0.6 is 23.2 Å². The van der Waals surface area contributed by atoms with Crippen LogP contribution in [0, 0.1) is 0 Å². The largest absolute Gasteiger partial charge is 0.339 e. The average molecular weight is 443 g/mol. The van der Waals surface area contributed by atoms with Crippen LogP contribution in [0.4, 0.5) is 5.69 Å². The molecule has 0 unspecified atom stereocenters. The average Bonchev–Trinajstić information content (AvgIpc) is 2.62. The summed E-state index contributed by atoms with van der Waals surface area (Å²) in [6.07, 6.45) is 0. The van der Waals surface area contributed by atoms with Crippen molar-refractivity contribution >= 4 is 50.5 Å². The van der Waals surface area contributed by atoms with E-state index in [-0.39, 0.29) is 15.8 Å². The monoisotopic (exact) mass is 442 g/mol. The molecule has 9 heteroatoms. The topological polar surface area (TPSA) is 83.6 Å². The second-order valence-electron chi connectivity index (χ2n) is 5.93. The number of nitrogens with zero attached hydrogens (tertiary/aromatic N) is 1. The molecule has 28 heavy (non-hydrogen) atoms. The van der Waals surface area contributed by atoms with E-state index < -0.39 is 21.5 Å². The molecule has 2 aromatic carbocycles. The molecule has 0 aliphatic rings. The van der Waals surface area contributed by atoms with Crippen LogP contribution in [-0.2, 0) is 14.6 Å². The van der Waals surface area contributed by atoms with Crippen molar-refractivity contribution in [3.8, 4) is 0 Å². The highest BCUT2D eigenvalue weighted by Gasteiger charge is 2.20. The van der Waals surface area contributed by atoms with Crippen molar-refractivity contribution in [2.24, 2.45) is 0 Å². The SMILES string of the molecule is CCN(CC)C(=O)c1ccc(NC(=O)CS(=O)(=O)c2ccc(Cl)cc2)cc1Cl. The molecule has 0 spiro atoms. The van der Waals surface area contributed by atoms with Gasteiger partial charge < -0.3 is 10.2 Å². The van der Waals surface area contributed by atoms with Crippen LogP contribution in [0.5, 0.6) is 0 Å². The number of halogens is 2. The zero-order valence-electron chi connectivity index (χ0n) is 15.4. The summed E-state index contributed by atoms with van der Waals surface area (Å²) in [7, 11) is -3.81. The molecule has 2 rings (SSSR count). The van der Waals surface area contributed by atoms with Gasteiger partial charge in [0.2, 0.25) is 5.91 Å². The van der Waals surface area contributed by atoms with Gasteiger partial charge in [0.15, 0.2) is 9.84 Å². The molecule has 2 aromatic rings. The predicted molar refractivity (Wildman–Crippen MR) is 111 cm³/mol. The highest BCUT2D eigenvalue weighted by molar-refractivity contribution is 7.92. The minimum atomic E-state index is -3.81. The maximum absolute atomic E-state index is 12.4. The van der Waals surface area contributed by atoms with Crippen molar-refractivity contribution in [2.75, 3.05) is 24.2 Å². The smallest absolute Gasteiger partial charge is 0.255 e. The van der Waals surface area contributed by atoms with Crippen LogP contribution in [0.25, 0.3) is 0 Å². The lowest BCUT2D eigenvalue weighted by Crippen LogP contribution is -2.30. The molecular formula is C19H20Cl2N2O4S. The molecule has 1 N–H and O–H groups in total. The lowest BCUT2D eigenvalue weighted by atomic mass is 10.1. The van der Waals surface area contributed by atoms with Gasteiger partial charge in [0.25, 0.3) is 5.91 Å². The number of amides is 2. The van der Waals surface area contributed by atoms with Crippen molar-refractivity contribution < 1.29 is 18.0 Å². The molecule has 0 aliphatic carbocycles. The molecule has 0 heterocycles. The van der Waals surface area contributed by atoms with Gasteiger partial charge in [-0.3, -0.25) is 9.59 Å². The van der Waals surface area contributed by atoms with Crippen LogP contribution in [0.1, 0.15) is 24.2 Å². The molecule has 0 fully saturated rings. The fourth-order valence-corrected chi connectivity index (χ4v) is 4.06. The number of sulfone groups is 1. The Hall–Kier alpha value is -2.09. The second kappa shape index (κ2) is 9.41. The molecule has 0 bridgehead atoms. The Morgan fingerprint density at radius 1 is 1.00 bits per heavy atom. The van der Waals surface area contributed by atoms with Gasteiger partial charge in [-0.2, -0.15) is 0 Å². The first kappa shape index (κ1) is 22.2. The number of benzene rings is 2. The Morgan fingerprint density at radius 3 is 2.14 bits per heavy atom. The first-order chi connectivity index (χ1) is 13.2. The summed E-state index contributed by atoms with van der Waals surface area (Å²) in [5.74, 6) is -1.65. The van der Waals surface area contributed by atoms with Crippen LogP contribution in [-0.4, -0.2) is 44.0 Å². The van der Waals surface area contributed by atoms with Crippen LogP contribution in [0.3, 0.4) is 0 Å². The lowest BCUT2D eigenvalue weighted by molar-refractivity contribution is -0.113. The number of carbonyl (C=O) groups is 2. The van der Waals surface area contributed by atoms with Crippen molar-refractivity contribution in [1.29, 1.82) is 0 Å². The molecule has 0 atom stereocenters. The van der Waals surface area contributed by atoms with E-state index in [0.717, 1.165) is 0 Å². The van der Waals surface area contributed by atoms with Gasteiger partial charge in [-0.05, 0) is 56.3 Å². The third kappa shape index (κ3) is 5.47. The molecule has 0 radical (unpaired) electrons. The van der Waals surface area contributed by atoms with Crippen molar-refractivity contribution in [2.45, 2.75) is 18.7 Å². The quantitative estimate of drug-likeness (QED) is 0.704. The van der Waals surface area contributed by atoms with Gasteiger partial charge >= 0.3 is 0 Å². The summed E-state index contributed by atoms with van der Waals surface area (Å²) >= 11 is 11.9. The maximum Gasteiger partial charge on any atom is 0.255 e. The highest BCUT2D eigenvalue weighted by atomic mass is 35.5. The van der Waals surface area contributed by atoms with Gasteiger partial charge in [-0.25, -0.2) is 8.42 Å². The van der Waals surface area contributed by atoms with Gasteiger partial charge in [0, 0.05) is 23.8 Å². The van der Waals surface area contributed by atoms with E-state index in [1.54, 1.807) is 4.90 Å². The van der Waals surface area contributed by atoms with E-state index >= 15 is 0 Å². The zero-order chi connectivity index (χ0) is 20.9. The van der Waals surface area contributed by atoms with Gasteiger partial charge in [-0.15, -0.1) is 0 Å². The van der Waals surface area contributed by atoms with E-state index in [9.17, 15) is 18.0 Å². The van der Waals surface area contributed by atoms with Crippen LogP contribution in [0.15, 0.2) is 47.4 Å². The van der Waals surface area contributed by atoms with E-state index in [1.165, 1.54) is 42.5 Å². The van der Waals surface area contributed by atoms with Crippen molar-refractivity contribution in [3.05, 3.63) is 58.1 Å². The third-order valence-corrected chi connectivity index (χ3v) is 6.23. The minimum Gasteiger partial charge on any atom is -0.339 e. The van der Waals surface area contributed by atoms with Gasteiger partial charge in [0.1, 0.15) is 5.75 Å². The van der Waals surface area contributed by atoms with E-state index in [0.29, 0.717) is 29.4 Å². The second-order valence-corrected chi connectivity index (χ2v) is 8.77. The molecule has 0 saturated carbocycles. The Bertz CT molecular complexity index is 972. The predicted octanol–water partition coefficient (Wildman–Crippen LogP) is 3.89. The summed E-state index contributed by atoms with van der Waals surface area (Å²) in [4.78, 5) is 26.2. The van der Waals surface area contributed by atoms with Crippen molar-refractivity contribution in [3.63, 3.8) is 0 Å². The third-order valence-electron chi connectivity index (χ3n) is 4.03.